The first-order chi connectivity index (χ1) is 6.36. The van der Waals surface area contributed by atoms with Gasteiger partial charge < -0.3 is 0 Å². The smallest absolute Gasteiger partial charge is 0.160 e. The van der Waals surface area contributed by atoms with Gasteiger partial charge in [-0.25, -0.2) is 4.39 Å². The summed E-state index contributed by atoms with van der Waals surface area (Å²) >= 11 is 1.34. The largest absolute Gasteiger partial charge is 0.297 e. The molecular weight excluding hydrogens is 187 g/mol. The van der Waals surface area contributed by atoms with E-state index in [9.17, 15) is 9.18 Å². The van der Waals surface area contributed by atoms with Gasteiger partial charge in [0.15, 0.2) is 6.29 Å². The molecule has 0 bridgehead atoms. The molecule has 0 atom stereocenters. The first kappa shape index (κ1) is 8.38. The van der Waals surface area contributed by atoms with Gasteiger partial charge in [-0.2, -0.15) is 0 Å². The first-order valence-electron chi connectivity index (χ1n) is 3.88. The number of alkyl halides is 1. The summed E-state index contributed by atoms with van der Waals surface area (Å²) in [7, 11) is 0. The molecule has 66 valence electrons. The maximum atomic E-state index is 12.6. The van der Waals surface area contributed by atoms with E-state index in [2.05, 4.69) is 0 Å². The van der Waals surface area contributed by atoms with Gasteiger partial charge in [-0.3, -0.25) is 4.79 Å². The molecule has 0 saturated carbocycles. The number of thiophene rings is 1. The zero-order valence-corrected chi connectivity index (χ0v) is 7.60. The van der Waals surface area contributed by atoms with E-state index < -0.39 is 6.67 Å². The van der Waals surface area contributed by atoms with Crippen molar-refractivity contribution in [2.24, 2.45) is 0 Å². The van der Waals surface area contributed by atoms with E-state index >= 15 is 0 Å². The van der Waals surface area contributed by atoms with Crippen LogP contribution in [-0.2, 0) is 6.67 Å². The highest BCUT2D eigenvalue weighted by Crippen LogP contribution is 2.30. The fourth-order valence-electron chi connectivity index (χ4n) is 1.35. The Labute approximate surface area is 78.8 Å². The van der Waals surface area contributed by atoms with Gasteiger partial charge in [-0.1, -0.05) is 18.2 Å². The number of halogens is 1. The van der Waals surface area contributed by atoms with Crippen LogP contribution in [0.4, 0.5) is 4.39 Å². The third-order valence-electron chi connectivity index (χ3n) is 1.97. The molecule has 0 aliphatic heterocycles. The average molecular weight is 194 g/mol. The van der Waals surface area contributed by atoms with E-state index in [0.717, 1.165) is 16.4 Å². The Bertz CT molecular complexity index is 447. The van der Waals surface area contributed by atoms with Crippen LogP contribution in [0, 0.1) is 0 Å². The maximum absolute atomic E-state index is 12.6. The van der Waals surface area contributed by atoms with Crippen LogP contribution in [0.1, 0.15) is 15.2 Å². The summed E-state index contributed by atoms with van der Waals surface area (Å²) in [4.78, 5) is 11.1. The molecule has 2 rings (SSSR count). The number of fused-ring (bicyclic) bond motifs is 1. The third kappa shape index (κ3) is 1.25. The summed E-state index contributed by atoms with van der Waals surface area (Å²) in [5, 5.41) is 0.858. The second-order valence-corrected chi connectivity index (χ2v) is 3.78. The molecule has 0 saturated heterocycles. The lowest BCUT2D eigenvalue weighted by molar-refractivity contribution is 0.112. The molecule has 0 fully saturated rings. The van der Waals surface area contributed by atoms with Gasteiger partial charge in [0.05, 0.1) is 4.88 Å². The Morgan fingerprint density at radius 1 is 1.38 bits per heavy atom. The molecule has 1 aromatic heterocycles. The molecule has 0 aliphatic carbocycles. The fraction of sp³-hybridized carbons (Fsp3) is 0.100. The standard InChI is InChI=1S/C10H7FOS/c11-5-8-7-3-1-2-4-9(7)13-10(8)6-12/h1-4,6H,5H2. The number of rotatable bonds is 2. The van der Waals surface area contributed by atoms with Crippen LogP contribution in [-0.4, -0.2) is 6.29 Å². The van der Waals surface area contributed by atoms with E-state index in [1.165, 1.54) is 11.3 Å². The molecule has 0 spiro atoms. The molecule has 0 N–H and O–H groups in total. The van der Waals surface area contributed by atoms with Crippen molar-refractivity contribution in [2.75, 3.05) is 0 Å². The number of hydrogen-bond donors (Lipinski definition) is 0. The van der Waals surface area contributed by atoms with Crippen LogP contribution >= 0.6 is 11.3 Å². The van der Waals surface area contributed by atoms with Crippen LogP contribution in [0.2, 0.25) is 0 Å². The Morgan fingerprint density at radius 2 is 2.15 bits per heavy atom. The molecule has 0 radical (unpaired) electrons. The highest BCUT2D eigenvalue weighted by molar-refractivity contribution is 7.20. The van der Waals surface area contributed by atoms with Crippen molar-refractivity contribution in [3.05, 3.63) is 34.7 Å². The fourth-order valence-corrected chi connectivity index (χ4v) is 2.37. The van der Waals surface area contributed by atoms with E-state index in [0.29, 0.717) is 10.4 Å². The van der Waals surface area contributed by atoms with E-state index in [4.69, 9.17) is 0 Å². The minimum atomic E-state index is -0.571. The highest BCUT2D eigenvalue weighted by atomic mass is 32.1. The van der Waals surface area contributed by atoms with Crippen molar-refractivity contribution in [3.63, 3.8) is 0 Å². The van der Waals surface area contributed by atoms with Gasteiger partial charge in [0.1, 0.15) is 6.67 Å². The number of carbonyl (C=O) groups excluding carboxylic acids is 1. The summed E-state index contributed by atoms with van der Waals surface area (Å²) in [6.07, 6.45) is 0.722. The topological polar surface area (TPSA) is 17.1 Å². The van der Waals surface area contributed by atoms with Gasteiger partial charge in [-0.15, -0.1) is 11.3 Å². The van der Waals surface area contributed by atoms with E-state index in [1.807, 2.05) is 24.3 Å². The highest BCUT2D eigenvalue weighted by Gasteiger charge is 2.09. The molecule has 0 amide bonds. The molecule has 2 aromatic rings. The van der Waals surface area contributed by atoms with Gasteiger partial charge in [0.25, 0.3) is 0 Å². The number of benzene rings is 1. The van der Waals surface area contributed by atoms with Crippen molar-refractivity contribution < 1.29 is 9.18 Å². The van der Waals surface area contributed by atoms with Crippen molar-refractivity contribution in [2.45, 2.75) is 6.67 Å². The lowest BCUT2D eigenvalue weighted by Crippen LogP contribution is -1.81. The van der Waals surface area contributed by atoms with Crippen LogP contribution in [0.5, 0.6) is 0 Å². The molecule has 1 heterocycles. The minimum absolute atomic E-state index is 0.503. The third-order valence-corrected chi connectivity index (χ3v) is 3.11. The predicted molar refractivity (Wildman–Crippen MR) is 52.0 cm³/mol. The summed E-state index contributed by atoms with van der Waals surface area (Å²) in [6.45, 7) is -0.571. The number of hydrogen-bond acceptors (Lipinski definition) is 2. The monoisotopic (exact) mass is 194 g/mol. The zero-order valence-electron chi connectivity index (χ0n) is 6.79. The summed E-state index contributed by atoms with van der Waals surface area (Å²) < 4.78 is 13.6. The Morgan fingerprint density at radius 3 is 2.85 bits per heavy atom. The molecule has 0 unspecified atom stereocenters. The summed E-state index contributed by atoms with van der Waals surface area (Å²) in [6, 6.07) is 7.47. The predicted octanol–water partition coefficient (Wildman–Crippen LogP) is 3.18. The van der Waals surface area contributed by atoms with E-state index in [1.54, 1.807) is 0 Å². The Balaban J connectivity index is 2.81. The summed E-state index contributed by atoms with van der Waals surface area (Å²) in [5.74, 6) is 0. The van der Waals surface area contributed by atoms with Crippen molar-refractivity contribution in [3.8, 4) is 0 Å². The molecular formula is C10H7FOS. The van der Waals surface area contributed by atoms with Crippen LogP contribution in [0.25, 0.3) is 10.1 Å². The van der Waals surface area contributed by atoms with Gasteiger partial charge in [0.2, 0.25) is 0 Å². The maximum Gasteiger partial charge on any atom is 0.160 e. The number of aldehydes is 1. The Kier molecular flexibility index (Phi) is 2.10. The van der Waals surface area contributed by atoms with Crippen molar-refractivity contribution in [1.82, 2.24) is 0 Å². The normalized spacial score (nSPS) is 10.5. The molecule has 1 aromatic carbocycles. The first-order valence-corrected chi connectivity index (χ1v) is 4.70. The summed E-state index contributed by atoms with van der Waals surface area (Å²) in [5.41, 5.74) is 0.524. The van der Waals surface area contributed by atoms with Crippen LogP contribution < -0.4 is 0 Å². The Hall–Kier alpha value is -1.22. The molecule has 1 nitrogen and oxygen atoms in total. The SMILES string of the molecule is O=Cc1sc2ccccc2c1CF. The average Bonchev–Trinajstić information content (AvgIpc) is 2.55. The minimum Gasteiger partial charge on any atom is -0.297 e. The van der Waals surface area contributed by atoms with Crippen LogP contribution in [0.15, 0.2) is 24.3 Å². The van der Waals surface area contributed by atoms with Crippen molar-refractivity contribution >= 4 is 27.7 Å². The van der Waals surface area contributed by atoms with Gasteiger partial charge in [-0.05, 0) is 11.5 Å². The lowest BCUT2D eigenvalue weighted by atomic mass is 10.1. The van der Waals surface area contributed by atoms with Gasteiger partial charge in [0, 0.05) is 10.3 Å². The van der Waals surface area contributed by atoms with Gasteiger partial charge >= 0.3 is 0 Å². The second-order valence-electron chi connectivity index (χ2n) is 2.69. The van der Waals surface area contributed by atoms with Crippen LogP contribution in [0.3, 0.4) is 0 Å². The van der Waals surface area contributed by atoms with E-state index in [-0.39, 0.29) is 0 Å². The number of carbonyl (C=O) groups is 1. The lowest BCUT2D eigenvalue weighted by Gasteiger charge is -1.91. The molecule has 0 aliphatic rings. The second kappa shape index (κ2) is 3.26. The molecule has 3 heteroatoms. The zero-order chi connectivity index (χ0) is 9.26. The van der Waals surface area contributed by atoms with Crippen molar-refractivity contribution in [1.29, 1.82) is 0 Å². The quantitative estimate of drug-likeness (QED) is 0.671. The molecule has 13 heavy (non-hydrogen) atoms.